The molecule has 0 radical (unpaired) electrons. The number of benzene rings is 1. The Morgan fingerprint density at radius 1 is 1.12 bits per heavy atom. The molecule has 0 aromatic heterocycles. The summed E-state index contributed by atoms with van der Waals surface area (Å²) in [6.45, 7) is 6.04. The maximum absolute atomic E-state index is 5.93. The molecular formula is C14H20O3. The minimum atomic E-state index is -0.268. The van der Waals surface area contributed by atoms with Gasteiger partial charge in [-0.2, -0.15) is 0 Å². The lowest BCUT2D eigenvalue weighted by Crippen LogP contribution is -2.23. The van der Waals surface area contributed by atoms with E-state index < -0.39 is 0 Å². The van der Waals surface area contributed by atoms with E-state index in [0.717, 1.165) is 24.3 Å². The Balaban J connectivity index is 2.28. The minimum absolute atomic E-state index is 0.268. The lowest BCUT2D eigenvalue weighted by atomic mass is 10.2. The van der Waals surface area contributed by atoms with Gasteiger partial charge < -0.3 is 14.2 Å². The van der Waals surface area contributed by atoms with Crippen LogP contribution in [0.25, 0.3) is 0 Å². The monoisotopic (exact) mass is 236 g/mol. The normalized spacial score (nSPS) is 15.5. The van der Waals surface area contributed by atoms with Crippen molar-refractivity contribution in [3.63, 3.8) is 0 Å². The molecule has 1 aromatic carbocycles. The Bertz CT molecular complexity index is 389. The van der Waals surface area contributed by atoms with Crippen LogP contribution in [0, 0.1) is 0 Å². The van der Waals surface area contributed by atoms with Crippen molar-refractivity contribution in [1.29, 1.82) is 0 Å². The van der Waals surface area contributed by atoms with Crippen LogP contribution in [0.4, 0.5) is 0 Å². The minimum Gasteiger partial charge on any atom is -0.493 e. The summed E-state index contributed by atoms with van der Waals surface area (Å²) < 4.78 is 17.1. The lowest BCUT2D eigenvalue weighted by Gasteiger charge is -2.24. The Kier molecular flexibility index (Phi) is 3.18. The third-order valence-electron chi connectivity index (χ3n) is 2.39. The molecule has 0 atom stereocenters. The number of para-hydroxylation sites is 1. The van der Waals surface area contributed by atoms with Crippen molar-refractivity contribution >= 4 is 0 Å². The topological polar surface area (TPSA) is 27.7 Å². The van der Waals surface area contributed by atoms with Gasteiger partial charge in [-0.15, -0.1) is 0 Å². The molecule has 3 heteroatoms. The van der Waals surface area contributed by atoms with Crippen molar-refractivity contribution in [2.24, 2.45) is 0 Å². The molecule has 1 aliphatic rings. The van der Waals surface area contributed by atoms with Gasteiger partial charge in [0.25, 0.3) is 0 Å². The summed E-state index contributed by atoms with van der Waals surface area (Å²) in [5.74, 6) is 2.20. The molecule has 0 saturated heterocycles. The van der Waals surface area contributed by atoms with Gasteiger partial charge in [-0.1, -0.05) is 6.07 Å². The fourth-order valence-corrected chi connectivity index (χ4v) is 1.52. The zero-order valence-corrected chi connectivity index (χ0v) is 10.9. The first-order chi connectivity index (χ1) is 7.99. The third-order valence-corrected chi connectivity index (χ3v) is 2.39. The second-order valence-corrected chi connectivity index (χ2v) is 5.32. The molecule has 3 nitrogen and oxygen atoms in total. The highest BCUT2D eigenvalue weighted by Gasteiger charge is 2.27. The molecule has 0 bridgehead atoms. The van der Waals surface area contributed by atoms with E-state index in [9.17, 15) is 0 Å². The first-order valence-corrected chi connectivity index (χ1v) is 6.02. The average Bonchev–Trinajstić information content (AvgIpc) is 3.02. The summed E-state index contributed by atoms with van der Waals surface area (Å²) in [7, 11) is 1.64. The molecule has 0 spiro atoms. The van der Waals surface area contributed by atoms with Gasteiger partial charge in [-0.05, 0) is 45.7 Å². The molecule has 0 aliphatic heterocycles. The van der Waals surface area contributed by atoms with Crippen LogP contribution in [0.2, 0.25) is 0 Å². The fourth-order valence-electron chi connectivity index (χ4n) is 1.52. The molecule has 1 saturated carbocycles. The fraction of sp³-hybridized carbons (Fsp3) is 0.571. The quantitative estimate of drug-likeness (QED) is 0.801. The number of hydrogen-bond donors (Lipinski definition) is 0. The van der Waals surface area contributed by atoms with Crippen LogP contribution in [0.1, 0.15) is 33.6 Å². The Morgan fingerprint density at radius 2 is 1.76 bits per heavy atom. The summed E-state index contributed by atoms with van der Waals surface area (Å²) in [4.78, 5) is 0. The molecule has 2 rings (SSSR count). The summed E-state index contributed by atoms with van der Waals surface area (Å²) in [6, 6.07) is 5.74. The second kappa shape index (κ2) is 4.47. The van der Waals surface area contributed by atoms with Crippen LogP contribution < -0.4 is 14.2 Å². The molecule has 94 valence electrons. The van der Waals surface area contributed by atoms with Crippen LogP contribution in [-0.2, 0) is 0 Å². The van der Waals surface area contributed by atoms with E-state index in [4.69, 9.17) is 14.2 Å². The van der Waals surface area contributed by atoms with Gasteiger partial charge in [0.15, 0.2) is 11.5 Å². The standard InChI is InChI=1S/C14H20O3/c1-14(2,3)17-13-11(15-4)6-5-7-12(13)16-10-8-9-10/h5-7,10H,8-9H2,1-4H3. The summed E-state index contributed by atoms with van der Waals surface area (Å²) in [6.07, 6.45) is 2.61. The van der Waals surface area contributed by atoms with Gasteiger partial charge in [0.05, 0.1) is 13.2 Å². The van der Waals surface area contributed by atoms with Crippen LogP contribution in [0.3, 0.4) is 0 Å². The van der Waals surface area contributed by atoms with Crippen molar-refractivity contribution in [2.45, 2.75) is 45.3 Å². The van der Waals surface area contributed by atoms with E-state index in [-0.39, 0.29) is 5.60 Å². The Morgan fingerprint density at radius 3 is 2.29 bits per heavy atom. The molecular weight excluding hydrogens is 216 g/mol. The lowest BCUT2D eigenvalue weighted by molar-refractivity contribution is 0.117. The van der Waals surface area contributed by atoms with Crippen LogP contribution in [0.5, 0.6) is 17.2 Å². The van der Waals surface area contributed by atoms with Crippen molar-refractivity contribution < 1.29 is 14.2 Å². The van der Waals surface area contributed by atoms with E-state index in [1.807, 2.05) is 39.0 Å². The van der Waals surface area contributed by atoms with Crippen LogP contribution >= 0.6 is 0 Å². The van der Waals surface area contributed by atoms with Gasteiger partial charge in [0, 0.05) is 0 Å². The van der Waals surface area contributed by atoms with Crippen molar-refractivity contribution in [3.8, 4) is 17.2 Å². The molecule has 17 heavy (non-hydrogen) atoms. The van der Waals surface area contributed by atoms with Gasteiger partial charge in [0.2, 0.25) is 5.75 Å². The maximum Gasteiger partial charge on any atom is 0.204 e. The highest BCUT2D eigenvalue weighted by molar-refractivity contribution is 5.51. The Hall–Kier alpha value is -1.38. The molecule has 0 amide bonds. The molecule has 0 unspecified atom stereocenters. The van der Waals surface area contributed by atoms with E-state index >= 15 is 0 Å². The van der Waals surface area contributed by atoms with Gasteiger partial charge in [0.1, 0.15) is 5.60 Å². The van der Waals surface area contributed by atoms with Crippen LogP contribution in [0.15, 0.2) is 18.2 Å². The number of hydrogen-bond acceptors (Lipinski definition) is 3. The molecule has 0 N–H and O–H groups in total. The highest BCUT2D eigenvalue weighted by atomic mass is 16.6. The largest absolute Gasteiger partial charge is 0.493 e. The predicted molar refractivity (Wildman–Crippen MR) is 67.0 cm³/mol. The van der Waals surface area contributed by atoms with Crippen LogP contribution in [-0.4, -0.2) is 18.8 Å². The second-order valence-electron chi connectivity index (χ2n) is 5.32. The number of ether oxygens (including phenoxy) is 3. The average molecular weight is 236 g/mol. The van der Waals surface area contributed by atoms with Gasteiger partial charge in [-0.25, -0.2) is 0 Å². The van der Waals surface area contributed by atoms with Crippen molar-refractivity contribution in [1.82, 2.24) is 0 Å². The maximum atomic E-state index is 5.93. The third kappa shape index (κ3) is 3.29. The van der Waals surface area contributed by atoms with E-state index in [0.29, 0.717) is 11.9 Å². The van der Waals surface area contributed by atoms with Crippen molar-refractivity contribution in [2.75, 3.05) is 7.11 Å². The first-order valence-electron chi connectivity index (χ1n) is 6.02. The predicted octanol–water partition coefficient (Wildman–Crippen LogP) is 3.41. The van der Waals surface area contributed by atoms with Gasteiger partial charge in [-0.3, -0.25) is 0 Å². The number of methoxy groups -OCH3 is 1. The summed E-state index contributed by atoms with van der Waals surface area (Å²) in [5.41, 5.74) is -0.268. The molecule has 1 aliphatic carbocycles. The first kappa shape index (κ1) is 12.1. The van der Waals surface area contributed by atoms with E-state index in [2.05, 4.69) is 0 Å². The zero-order valence-electron chi connectivity index (χ0n) is 10.9. The smallest absolute Gasteiger partial charge is 0.204 e. The summed E-state index contributed by atoms with van der Waals surface area (Å²) in [5, 5.41) is 0. The molecule has 1 fully saturated rings. The van der Waals surface area contributed by atoms with E-state index in [1.165, 1.54) is 0 Å². The SMILES string of the molecule is COc1cccc(OC2CC2)c1OC(C)(C)C. The molecule has 1 aromatic rings. The summed E-state index contributed by atoms with van der Waals surface area (Å²) >= 11 is 0. The van der Waals surface area contributed by atoms with Gasteiger partial charge >= 0.3 is 0 Å². The van der Waals surface area contributed by atoms with E-state index in [1.54, 1.807) is 7.11 Å². The number of rotatable bonds is 4. The molecule has 0 heterocycles. The Labute approximate surface area is 103 Å². The van der Waals surface area contributed by atoms with Crippen molar-refractivity contribution in [3.05, 3.63) is 18.2 Å². The zero-order chi connectivity index (χ0) is 12.5. The highest BCUT2D eigenvalue weighted by Crippen LogP contribution is 2.41.